The van der Waals surface area contributed by atoms with Crippen molar-refractivity contribution in [3.63, 3.8) is 0 Å². The van der Waals surface area contributed by atoms with Crippen LogP contribution in [0.25, 0.3) is 0 Å². The first-order chi connectivity index (χ1) is 11.5. The number of phenolic OH excluding ortho intramolecular Hbond substituents is 1. The van der Waals surface area contributed by atoms with Gasteiger partial charge in [0.2, 0.25) is 5.75 Å². The van der Waals surface area contributed by atoms with Gasteiger partial charge in [0.25, 0.3) is 11.8 Å². The van der Waals surface area contributed by atoms with Crippen molar-refractivity contribution in [3.05, 3.63) is 46.0 Å². The molecule has 8 nitrogen and oxygen atoms in total. The summed E-state index contributed by atoms with van der Waals surface area (Å²) in [4.78, 5) is 35.0. The standard InChI is InChI=1S/C16H13N3O5/c20-14-10(2-1-3-11(14)19(23)24)7-17-18-15(21)12-8-4-5-9(6-8)13(12)16(18)22/h1-5,7-9,12-13,20H,6H2/t8-,9-,12-,13+/m0/s1. The SMILES string of the molecule is O=C1[C@@H]2[C@H](C(=O)N1N=Cc1cccc([N+](=O)[O-])c1O)[C@H]1C=C[C@H]2C1. The Kier molecular flexibility index (Phi) is 3.02. The van der Waals surface area contributed by atoms with Crippen molar-refractivity contribution >= 4 is 23.7 Å². The molecule has 1 saturated carbocycles. The van der Waals surface area contributed by atoms with Gasteiger partial charge in [-0.25, -0.2) is 0 Å². The number of carbonyl (C=O) groups excluding carboxylic acids is 2. The Morgan fingerprint density at radius 2 is 1.83 bits per heavy atom. The summed E-state index contributed by atoms with van der Waals surface area (Å²) in [7, 11) is 0. The van der Waals surface area contributed by atoms with Crippen LogP contribution in [-0.2, 0) is 9.59 Å². The normalized spacial score (nSPS) is 30.6. The summed E-state index contributed by atoms with van der Waals surface area (Å²) >= 11 is 0. The highest BCUT2D eigenvalue weighted by Gasteiger charge is 2.59. The van der Waals surface area contributed by atoms with E-state index in [9.17, 15) is 24.8 Å². The molecule has 122 valence electrons. The Morgan fingerprint density at radius 1 is 1.21 bits per heavy atom. The van der Waals surface area contributed by atoms with E-state index in [1.165, 1.54) is 12.1 Å². The summed E-state index contributed by atoms with van der Waals surface area (Å²) in [6.07, 6.45) is 5.90. The number of aromatic hydroxyl groups is 1. The van der Waals surface area contributed by atoms with Crippen molar-refractivity contribution in [2.24, 2.45) is 28.8 Å². The molecule has 24 heavy (non-hydrogen) atoms. The number of fused-ring (bicyclic) bond motifs is 5. The van der Waals surface area contributed by atoms with Gasteiger partial charge in [0.05, 0.1) is 23.0 Å². The minimum atomic E-state index is -0.716. The van der Waals surface area contributed by atoms with Crippen LogP contribution in [0.3, 0.4) is 0 Å². The number of hydrogen-bond donors (Lipinski definition) is 1. The summed E-state index contributed by atoms with van der Waals surface area (Å²) in [5, 5.41) is 25.4. The molecule has 2 amide bonds. The van der Waals surface area contributed by atoms with Crippen molar-refractivity contribution in [2.45, 2.75) is 6.42 Å². The number of hydrogen-bond acceptors (Lipinski definition) is 6. The molecular weight excluding hydrogens is 314 g/mol. The number of nitrogens with zero attached hydrogens (tertiary/aromatic N) is 3. The molecule has 4 rings (SSSR count). The molecule has 0 aromatic heterocycles. The number of allylic oxidation sites excluding steroid dienone is 2. The van der Waals surface area contributed by atoms with Gasteiger partial charge in [0.1, 0.15) is 0 Å². The zero-order valence-corrected chi connectivity index (χ0v) is 12.4. The third-order valence-corrected chi connectivity index (χ3v) is 5.00. The Hall–Kier alpha value is -3.03. The largest absolute Gasteiger partial charge is 0.502 e. The highest BCUT2D eigenvalue weighted by atomic mass is 16.6. The molecule has 0 spiro atoms. The topological polar surface area (TPSA) is 113 Å². The van der Waals surface area contributed by atoms with Crippen LogP contribution >= 0.6 is 0 Å². The first-order valence-corrected chi connectivity index (χ1v) is 7.55. The van der Waals surface area contributed by atoms with Crippen molar-refractivity contribution in [1.29, 1.82) is 0 Å². The lowest BCUT2D eigenvalue weighted by atomic mass is 9.85. The van der Waals surface area contributed by atoms with E-state index in [4.69, 9.17) is 0 Å². The lowest BCUT2D eigenvalue weighted by molar-refractivity contribution is -0.385. The average Bonchev–Trinajstić information content (AvgIpc) is 3.22. The molecule has 0 unspecified atom stereocenters. The Labute approximate surface area is 136 Å². The maximum Gasteiger partial charge on any atom is 0.311 e. The molecule has 2 bridgehead atoms. The number of phenols is 1. The van der Waals surface area contributed by atoms with E-state index in [1.807, 2.05) is 12.2 Å². The summed E-state index contributed by atoms with van der Waals surface area (Å²) < 4.78 is 0. The summed E-state index contributed by atoms with van der Waals surface area (Å²) in [6, 6.07) is 3.97. The fraction of sp³-hybridized carbons (Fsp3) is 0.312. The second kappa shape index (κ2) is 4.98. The number of amides is 2. The fourth-order valence-corrected chi connectivity index (χ4v) is 3.92. The summed E-state index contributed by atoms with van der Waals surface area (Å²) in [6.45, 7) is 0. The van der Waals surface area contributed by atoms with E-state index in [0.717, 1.165) is 23.7 Å². The molecule has 0 radical (unpaired) electrons. The first-order valence-electron chi connectivity index (χ1n) is 7.55. The van der Waals surface area contributed by atoms with E-state index in [-0.39, 0.29) is 41.0 Å². The Bertz CT molecular complexity index is 801. The predicted octanol–water partition coefficient (Wildman–Crippen LogP) is 1.44. The van der Waals surface area contributed by atoms with Crippen LogP contribution in [0.15, 0.2) is 35.5 Å². The van der Waals surface area contributed by atoms with Crippen LogP contribution in [-0.4, -0.2) is 33.1 Å². The third kappa shape index (κ3) is 1.89. The molecule has 2 fully saturated rings. The number of nitro groups is 1. The zero-order valence-electron chi connectivity index (χ0n) is 12.4. The van der Waals surface area contributed by atoms with E-state index < -0.39 is 16.4 Å². The third-order valence-electron chi connectivity index (χ3n) is 5.00. The molecule has 1 heterocycles. The van der Waals surface area contributed by atoms with Gasteiger partial charge in [-0.15, -0.1) is 0 Å². The highest BCUT2D eigenvalue weighted by Crippen LogP contribution is 2.52. The summed E-state index contributed by atoms with van der Waals surface area (Å²) in [5.74, 6) is -1.78. The Morgan fingerprint density at radius 3 is 2.42 bits per heavy atom. The molecular formula is C16H13N3O5. The number of para-hydroxylation sites is 1. The van der Waals surface area contributed by atoms with Crippen molar-refractivity contribution in [2.75, 3.05) is 0 Å². The van der Waals surface area contributed by atoms with Crippen LogP contribution in [0, 0.1) is 33.8 Å². The van der Waals surface area contributed by atoms with Crippen LogP contribution in [0.1, 0.15) is 12.0 Å². The molecule has 4 atom stereocenters. The van der Waals surface area contributed by atoms with Crippen molar-refractivity contribution in [1.82, 2.24) is 5.01 Å². The number of nitro benzene ring substituents is 1. The molecule has 1 aromatic rings. The first kappa shape index (κ1) is 14.6. The second-order valence-corrected chi connectivity index (χ2v) is 6.20. The molecule has 1 aromatic carbocycles. The van der Waals surface area contributed by atoms with Gasteiger partial charge in [-0.05, 0) is 24.3 Å². The lowest BCUT2D eigenvalue weighted by Crippen LogP contribution is -2.28. The average molecular weight is 327 g/mol. The van der Waals surface area contributed by atoms with Gasteiger partial charge in [-0.1, -0.05) is 18.2 Å². The van der Waals surface area contributed by atoms with Gasteiger partial charge < -0.3 is 5.11 Å². The molecule has 1 N–H and O–H groups in total. The quantitative estimate of drug-likeness (QED) is 0.297. The van der Waals surface area contributed by atoms with Crippen LogP contribution in [0.5, 0.6) is 5.75 Å². The Balaban J connectivity index is 1.62. The molecule has 3 aliphatic rings. The van der Waals surface area contributed by atoms with Crippen LogP contribution in [0.4, 0.5) is 5.69 Å². The predicted molar refractivity (Wildman–Crippen MR) is 81.9 cm³/mol. The van der Waals surface area contributed by atoms with Gasteiger partial charge in [-0.2, -0.15) is 10.1 Å². The number of benzene rings is 1. The maximum atomic E-state index is 12.5. The van der Waals surface area contributed by atoms with E-state index in [1.54, 1.807) is 0 Å². The van der Waals surface area contributed by atoms with Gasteiger partial charge >= 0.3 is 5.69 Å². The minimum absolute atomic E-state index is 0.0722. The van der Waals surface area contributed by atoms with Crippen LogP contribution in [0.2, 0.25) is 0 Å². The number of rotatable bonds is 3. The van der Waals surface area contributed by atoms with E-state index in [2.05, 4.69) is 5.10 Å². The summed E-state index contributed by atoms with van der Waals surface area (Å²) in [5.41, 5.74) is -0.389. The number of hydrazone groups is 1. The number of carbonyl (C=O) groups is 2. The lowest BCUT2D eigenvalue weighted by Gasteiger charge is -2.13. The minimum Gasteiger partial charge on any atom is -0.502 e. The van der Waals surface area contributed by atoms with Crippen LogP contribution < -0.4 is 0 Å². The van der Waals surface area contributed by atoms with E-state index >= 15 is 0 Å². The monoisotopic (exact) mass is 327 g/mol. The molecule has 2 aliphatic carbocycles. The maximum absolute atomic E-state index is 12.5. The van der Waals surface area contributed by atoms with Gasteiger partial charge in [0, 0.05) is 11.6 Å². The van der Waals surface area contributed by atoms with Crippen molar-refractivity contribution < 1.29 is 19.6 Å². The van der Waals surface area contributed by atoms with E-state index in [0.29, 0.717) is 0 Å². The van der Waals surface area contributed by atoms with Gasteiger partial charge in [-0.3, -0.25) is 19.7 Å². The number of imide groups is 1. The van der Waals surface area contributed by atoms with Gasteiger partial charge in [0.15, 0.2) is 0 Å². The highest BCUT2D eigenvalue weighted by molar-refractivity contribution is 6.07. The fourth-order valence-electron chi connectivity index (χ4n) is 3.92. The molecule has 1 saturated heterocycles. The smallest absolute Gasteiger partial charge is 0.311 e. The second-order valence-electron chi connectivity index (χ2n) is 6.20. The van der Waals surface area contributed by atoms with Crippen molar-refractivity contribution in [3.8, 4) is 5.75 Å². The molecule has 8 heteroatoms. The molecule has 1 aliphatic heterocycles. The zero-order chi connectivity index (χ0) is 17.0.